The normalized spacial score (nSPS) is 11.7. The molecule has 0 unspecified atom stereocenters. The second-order valence-corrected chi connectivity index (χ2v) is 3.81. The zero-order valence-corrected chi connectivity index (χ0v) is 10.1. The number of benzene rings is 1. The lowest BCUT2D eigenvalue weighted by molar-refractivity contribution is -0.140. The van der Waals surface area contributed by atoms with E-state index in [1.807, 2.05) is 0 Å². The third-order valence-corrected chi connectivity index (χ3v) is 2.62. The highest BCUT2D eigenvalue weighted by atomic mass is 19.4. The van der Waals surface area contributed by atoms with Crippen molar-refractivity contribution in [1.82, 2.24) is 4.98 Å². The molecule has 0 radical (unpaired) electrons. The number of methoxy groups -OCH3 is 1. The number of nitrogens with one attached hydrogen (secondary N) is 1. The van der Waals surface area contributed by atoms with Gasteiger partial charge < -0.3 is 10.1 Å². The van der Waals surface area contributed by atoms with Crippen LogP contribution in [0.1, 0.15) is 5.69 Å². The smallest absolute Gasteiger partial charge is 0.433 e. The number of alkyl halides is 3. The van der Waals surface area contributed by atoms with Crippen LogP contribution in [0.15, 0.2) is 18.2 Å². The average molecular weight is 274 g/mol. The summed E-state index contributed by atoms with van der Waals surface area (Å²) in [6, 6.07) is 2.94. The van der Waals surface area contributed by atoms with E-state index >= 15 is 0 Å². The van der Waals surface area contributed by atoms with Gasteiger partial charge in [-0.1, -0.05) is 0 Å². The van der Waals surface area contributed by atoms with Gasteiger partial charge in [-0.2, -0.15) is 13.2 Å². The minimum atomic E-state index is -4.58. The first-order chi connectivity index (χ1) is 8.86. The van der Waals surface area contributed by atoms with E-state index in [-0.39, 0.29) is 22.3 Å². The second kappa shape index (κ2) is 4.56. The van der Waals surface area contributed by atoms with Gasteiger partial charge in [0.15, 0.2) is 0 Å². The Morgan fingerprint density at radius 2 is 1.89 bits per heavy atom. The molecule has 102 valence electrons. The van der Waals surface area contributed by atoms with Crippen molar-refractivity contribution in [2.45, 2.75) is 6.18 Å². The van der Waals surface area contributed by atoms with Crippen LogP contribution in [0.5, 0.6) is 5.75 Å². The molecule has 19 heavy (non-hydrogen) atoms. The van der Waals surface area contributed by atoms with Gasteiger partial charge >= 0.3 is 6.18 Å². The molecular formula is C12H10F4N2O. The Bertz CT molecular complexity index is 625. The summed E-state index contributed by atoms with van der Waals surface area (Å²) in [5.74, 6) is -0.653. The molecule has 2 aromatic rings. The highest BCUT2D eigenvalue weighted by Crippen LogP contribution is 2.36. The molecule has 1 N–H and O–H groups in total. The number of halogens is 4. The summed E-state index contributed by atoms with van der Waals surface area (Å²) in [4.78, 5) is 3.51. The molecule has 0 spiro atoms. The molecule has 0 bridgehead atoms. The van der Waals surface area contributed by atoms with Crippen LogP contribution in [0.4, 0.5) is 23.2 Å². The molecular weight excluding hydrogens is 264 g/mol. The van der Waals surface area contributed by atoms with Gasteiger partial charge in [0.2, 0.25) is 0 Å². The first-order valence-corrected chi connectivity index (χ1v) is 5.30. The van der Waals surface area contributed by atoms with Crippen LogP contribution in [0.2, 0.25) is 0 Å². The van der Waals surface area contributed by atoms with E-state index in [1.54, 1.807) is 0 Å². The number of aromatic nitrogens is 1. The van der Waals surface area contributed by atoms with Crippen molar-refractivity contribution in [3.05, 3.63) is 29.7 Å². The molecule has 3 nitrogen and oxygen atoms in total. The van der Waals surface area contributed by atoms with Crippen molar-refractivity contribution in [1.29, 1.82) is 0 Å². The quantitative estimate of drug-likeness (QED) is 0.852. The summed E-state index contributed by atoms with van der Waals surface area (Å²) in [5.41, 5.74) is -0.965. The lowest BCUT2D eigenvalue weighted by Crippen LogP contribution is -2.09. The van der Waals surface area contributed by atoms with E-state index < -0.39 is 17.7 Å². The number of hydrogen-bond acceptors (Lipinski definition) is 3. The molecule has 1 aromatic carbocycles. The molecule has 0 aliphatic heterocycles. The van der Waals surface area contributed by atoms with Gasteiger partial charge in [0.05, 0.1) is 7.11 Å². The Morgan fingerprint density at radius 3 is 2.42 bits per heavy atom. The summed E-state index contributed by atoms with van der Waals surface area (Å²) in [5, 5.41) is 2.83. The summed E-state index contributed by atoms with van der Waals surface area (Å²) in [6.07, 6.45) is -4.58. The Hall–Kier alpha value is -2.05. The summed E-state index contributed by atoms with van der Waals surface area (Å²) in [7, 11) is 2.70. The van der Waals surface area contributed by atoms with Gasteiger partial charge in [-0.25, -0.2) is 9.37 Å². The molecule has 7 heteroatoms. The van der Waals surface area contributed by atoms with E-state index in [2.05, 4.69) is 10.3 Å². The number of fused-ring (bicyclic) bond motifs is 1. The number of pyridine rings is 1. The largest absolute Gasteiger partial charge is 0.494 e. The summed E-state index contributed by atoms with van der Waals surface area (Å²) < 4.78 is 56.5. The lowest BCUT2D eigenvalue weighted by atomic mass is 10.1. The first-order valence-electron chi connectivity index (χ1n) is 5.30. The molecule has 0 aliphatic carbocycles. The van der Waals surface area contributed by atoms with Gasteiger partial charge in [0.1, 0.15) is 22.8 Å². The van der Waals surface area contributed by atoms with E-state index in [4.69, 9.17) is 4.74 Å². The van der Waals surface area contributed by atoms with Crippen molar-refractivity contribution < 1.29 is 22.3 Å². The molecule has 0 saturated carbocycles. The fourth-order valence-corrected chi connectivity index (χ4v) is 1.77. The summed E-state index contributed by atoms with van der Waals surface area (Å²) in [6.45, 7) is 0. The van der Waals surface area contributed by atoms with Crippen LogP contribution in [0, 0.1) is 5.82 Å². The molecule has 2 rings (SSSR count). The van der Waals surface area contributed by atoms with Crippen LogP contribution in [0.25, 0.3) is 10.9 Å². The molecule has 1 heterocycles. The predicted octanol–water partition coefficient (Wildman–Crippen LogP) is 3.44. The van der Waals surface area contributed by atoms with Gasteiger partial charge in [-0.05, 0) is 12.1 Å². The van der Waals surface area contributed by atoms with Crippen LogP contribution in [-0.2, 0) is 6.18 Å². The molecule has 1 aromatic heterocycles. The Labute approximate surface area is 106 Å². The third kappa shape index (κ3) is 2.40. The SMILES string of the molecule is CNc1cc(C(F)(F)F)nc2c(OC)cc(F)cc12. The number of hydrogen-bond donors (Lipinski definition) is 1. The van der Waals surface area contributed by atoms with E-state index in [0.717, 1.165) is 18.2 Å². The predicted molar refractivity (Wildman–Crippen MR) is 62.8 cm³/mol. The number of ether oxygens (including phenoxy) is 1. The van der Waals surface area contributed by atoms with Gasteiger partial charge in [-0.15, -0.1) is 0 Å². The van der Waals surface area contributed by atoms with Gasteiger partial charge in [0.25, 0.3) is 0 Å². The number of rotatable bonds is 2. The van der Waals surface area contributed by atoms with Crippen molar-refractivity contribution >= 4 is 16.6 Å². The average Bonchev–Trinajstić information content (AvgIpc) is 2.35. The topological polar surface area (TPSA) is 34.2 Å². The first kappa shape index (κ1) is 13.4. The zero-order chi connectivity index (χ0) is 14.2. The second-order valence-electron chi connectivity index (χ2n) is 3.81. The molecule has 0 fully saturated rings. The van der Waals surface area contributed by atoms with Crippen LogP contribution >= 0.6 is 0 Å². The van der Waals surface area contributed by atoms with Gasteiger partial charge in [-0.3, -0.25) is 0 Å². The van der Waals surface area contributed by atoms with Crippen molar-refractivity contribution in [2.24, 2.45) is 0 Å². The number of nitrogens with zero attached hydrogens (tertiary/aromatic N) is 1. The van der Waals surface area contributed by atoms with Crippen LogP contribution in [-0.4, -0.2) is 19.1 Å². The van der Waals surface area contributed by atoms with Crippen molar-refractivity contribution in [2.75, 3.05) is 19.5 Å². The Balaban J connectivity index is 2.85. The minimum Gasteiger partial charge on any atom is -0.494 e. The minimum absolute atomic E-state index is 0.0388. The van der Waals surface area contributed by atoms with Crippen molar-refractivity contribution in [3.63, 3.8) is 0 Å². The highest BCUT2D eigenvalue weighted by molar-refractivity contribution is 5.95. The zero-order valence-electron chi connectivity index (χ0n) is 10.1. The Morgan fingerprint density at radius 1 is 1.21 bits per heavy atom. The standard InChI is InChI=1S/C12H10F4N2O/c1-17-8-5-10(12(14,15)16)18-11-7(8)3-6(13)4-9(11)19-2/h3-5H,1-2H3,(H,17,18). The third-order valence-electron chi connectivity index (χ3n) is 2.62. The monoisotopic (exact) mass is 274 g/mol. The van der Waals surface area contributed by atoms with Crippen molar-refractivity contribution in [3.8, 4) is 5.75 Å². The van der Waals surface area contributed by atoms with Crippen LogP contribution < -0.4 is 10.1 Å². The molecule has 0 aliphatic rings. The van der Waals surface area contributed by atoms with E-state index in [9.17, 15) is 17.6 Å². The molecule has 0 atom stereocenters. The maximum Gasteiger partial charge on any atom is 0.433 e. The fraction of sp³-hybridized carbons (Fsp3) is 0.250. The fourth-order valence-electron chi connectivity index (χ4n) is 1.77. The van der Waals surface area contributed by atoms with Crippen LogP contribution in [0.3, 0.4) is 0 Å². The van der Waals surface area contributed by atoms with Gasteiger partial charge in [0, 0.05) is 24.2 Å². The molecule has 0 saturated heterocycles. The van der Waals surface area contributed by atoms with E-state index in [0.29, 0.717) is 0 Å². The maximum absolute atomic E-state index is 13.4. The Kier molecular flexibility index (Phi) is 3.21. The summed E-state index contributed by atoms with van der Waals surface area (Å²) >= 11 is 0. The lowest BCUT2D eigenvalue weighted by Gasteiger charge is -2.13. The maximum atomic E-state index is 13.4. The molecule has 0 amide bonds. The van der Waals surface area contributed by atoms with E-state index in [1.165, 1.54) is 14.2 Å². The highest BCUT2D eigenvalue weighted by Gasteiger charge is 2.33. The number of anilines is 1.